The number of ether oxygens (including phenoxy) is 1. The topological polar surface area (TPSA) is 34.2 Å². The Morgan fingerprint density at radius 3 is 2.88 bits per heavy atom. The Bertz CT molecular complexity index is 502. The van der Waals surface area contributed by atoms with E-state index in [1.54, 1.807) is 24.4 Å². The number of halogens is 1. The summed E-state index contributed by atoms with van der Waals surface area (Å²) >= 11 is 0. The highest BCUT2D eigenvalue weighted by Crippen LogP contribution is 2.17. The lowest BCUT2D eigenvalue weighted by Crippen LogP contribution is -2.00. The highest BCUT2D eigenvalue weighted by molar-refractivity contribution is 5.42. The number of rotatable bonds is 4. The molecule has 17 heavy (non-hydrogen) atoms. The molecule has 1 aromatic carbocycles. The molecule has 4 heteroatoms. The molecule has 0 spiro atoms. The van der Waals surface area contributed by atoms with Gasteiger partial charge < -0.3 is 10.1 Å². The highest BCUT2D eigenvalue weighted by atomic mass is 19.1. The van der Waals surface area contributed by atoms with Gasteiger partial charge in [0.25, 0.3) is 0 Å². The van der Waals surface area contributed by atoms with Gasteiger partial charge in [-0.05, 0) is 24.3 Å². The first kappa shape index (κ1) is 11.4. The third kappa shape index (κ3) is 2.93. The molecular formula is C13H13FN2O. The molecule has 0 saturated heterocycles. The fraction of sp³-hybridized carbons (Fsp3) is 0.154. The minimum Gasteiger partial charge on any atom is -0.484 e. The molecule has 0 bridgehead atoms. The summed E-state index contributed by atoms with van der Waals surface area (Å²) in [4.78, 5) is 4.14. The average Bonchev–Trinajstić information content (AvgIpc) is 2.38. The number of hydrogen-bond donors (Lipinski definition) is 1. The highest BCUT2D eigenvalue weighted by Gasteiger charge is 2.02. The molecule has 88 valence electrons. The number of nitrogens with one attached hydrogen (secondary N) is 1. The minimum absolute atomic E-state index is 0.240. The van der Waals surface area contributed by atoms with Gasteiger partial charge in [0.2, 0.25) is 0 Å². The van der Waals surface area contributed by atoms with Gasteiger partial charge in [-0.1, -0.05) is 12.1 Å². The van der Waals surface area contributed by atoms with Gasteiger partial charge in [-0.25, -0.2) is 4.39 Å². The van der Waals surface area contributed by atoms with E-state index in [0.717, 1.165) is 11.4 Å². The van der Waals surface area contributed by atoms with Gasteiger partial charge in [0.15, 0.2) is 11.6 Å². The Morgan fingerprint density at radius 2 is 2.12 bits per heavy atom. The second kappa shape index (κ2) is 5.30. The maximum atomic E-state index is 13.3. The fourth-order valence-electron chi connectivity index (χ4n) is 1.43. The number of para-hydroxylation sites is 1. The zero-order valence-electron chi connectivity index (χ0n) is 9.48. The van der Waals surface area contributed by atoms with Crippen molar-refractivity contribution in [3.05, 3.63) is 54.1 Å². The van der Waals surface area contributed by atoms with E-state index in [0.29, 0.717) is 0 Å². The molecule has 0 radical (unpaired) electrons. The fourth-order valence-corrected chi connectivity index (χ4v) is 1.43. The molecule has 0 atom stereocenters. The van der Waals surface area contributed by atoms with E-state index in [1.165, 1.54) is 6.07 Å². The van der Waals surface area contributed by atoms with Gasteiger partial charge in [-0.15, -0.1) is 0 Å². The van der Waals surface area contributed by atoms with Crippen LogP contribution in [0.4, 0.5) is 10.1 Å². The summed E-state index contributed by atoms with van der Waals surface area (Å²) in [6.07, 6.45) is 1.69. The molecule has 1 heterocycles. The zero-order chi connectivity index (χ0) is 12.1. The lowest BCUT2D eigenvalue weighted by Gasteiger charge is -2.07. The van der Waals surface area contributed by atoms with Crippen LogP contribution in [0.25, 0.3) is 0 Å². The van der Waals surface area contributed by atoms with Crippen LogP contribution in [0.2, 0.25) is 0 Å². The number of aromatic nitrogens is 1. The summed E-state index contributed by atoms with van der Waals surface area (Å²) in [5.41, 5.74) is 1.70. The first-order chi connectivity index (χ1) is 8.29. The number of benzene rings is 1. The molecule has 0 unspecified atom stereocenters. The molecule has 0 fully saturated rings. The number of nitrogens with zero attached hydrogens (tertiary/aromatic N) is 1. The van der Waals surface area contributed by atoms with E-state index >= 15 is 0 Å². The molecule has 0 saturated carbocycles. The van der Waals surface area contributed by atoms with Crippen molar-refractivity contribution in [3.8, 4) is 5.75 Å². The van der Waals surface area contributed by atoms with Crippen LogP contribution in [0.1, 0.15) is 5.69 Å². The number of anilines is 1. The van der Waals surface area contributed by atoms with Gasteiger partial charge >= 0.3 is 0 Å². The van der Waals surface area contributed by atoms with E-state index in [9.17, 15) is 4.39 Å². The van der Waals surface area contributed by atoms with Crippen molar-refractivity contribution < 1.29 is 9.13 Å². The Balaban J connectivity index is 2.05. The average molecular weight is 232 g/mol. The molecule has 0 amide bonds. The van der Waals surface area contributed by atoms with E-state index in [4.69, 9.17) is 4.74 Å². The second-order valence-electron chi connectivity index (χ2n) is 3.50. The first-order valence-electron chi connectivity index (χ1n) is 5.29. The van der Waals surface area contributed by atoms with Crippen LogP contribution in [-0.4, -0.2) is 12.0 Å². The predicted octanol–water partition coefficient (Wildman–Crippen LogP) is 2.84. The van der Waals surface area contributed by atoms with Gasteiger partial charge in [-0.3, -0.25) is 4.98 Å². The summed E-state index contributed by atoms with van der Waals surface area (Å²) < 4.78 is 18.6. The van der Waals surface area contributed by atoms with Crippen LogP contribution in [-0.2, 0) is 6.61 Å². The minimum atomic E-state index is -0.364. The van der Waals surface area contributed by atoms with Crippen LogP contribution in [0.15, 0.2) is 42.6 Å². The summed E-state index contributed by atoms with van der Waals surface area (Å²) in [6, 6.07) is 10.0. The first-order valence-corrected chi connectivity index (χ1v) is 5.29. The van der Waals surface area contributed by atoms with Gasteiger partial charge in [0.05, 0.1) is 5.69 Å². The van der Waals surface area contributed by atoms with Crippen LogP contribution >= 0.6 is 0 Å². The summed E-state index contributed by atoms with van der Waals surface area (Å²) in [5.74, 6) is -0.124. The van der Waals surface area contributed by atoms with Crippen molar-refractivity contribution in [2.24, 2.45) is 0 Å². The summed E-state index contributed by atoms with van der Waals surface area (Å²) in [7, 11) is 1.83. The Hall–Kier alpha value is -2.10. The lowest BCUT2D eigenvalue weighted by atomic mass is 10.3. The third-order valence-corrected chi connectivity index (χ3v) is 2.32. The number of pyridine rings is 1. The molecule has 0 aliphatic heterocycles. The summed E-state index contributed by atoms with van der Waals surface area (Å²) in [5, 5.41) is 3.01. The van der Waals surface area contributed by atoms with Crippen LogP contribution < -0.4 is 10.1 Å². The third-order valence-electron chi connectivity index (χ3n) is 2.32. The van der Waals surface area contributed by atoms with Crippen LogP contribution in [0.5, 0.6) is 5.75 Å². The Morgan fingerprint density at radius 1 is 1.29 bits per heavy atom. The molecule has 0 aliphatic carbocycles. The SMILES string of the molecule is CNc1ccnc(COc2ccccc2F)c1. The Kier molecular flexibility index (Phi) is 3.55. The van der Waals surface area contributed by atoms with Crippen molar-refractivity contribution in [2.45, 2.75) is 6.61 Å². The molecular weight excluding hydrogens is 219 g/mol. The molecule has 1 aromatic heterocycles. The van der Waals surface area contributed by atoms with Gasteiger partial charge in [0, 0.05) is 18.9 Å². The molecule has 2 aromatic rings. The van der Waals surface area contributed by atoms with E-state index < -0.39 is 0 Å². The number of hydrogen-bond acceptors (Lipinski definition) is 3. The van der Waals surface area contributed by atoms with Gasteiger partial charge in [-0.2, -0.15) is 0 Å². The van der Waals surface area contributed by atoms with Crippen molar-refractivity contribution in [2.75, 3.05) is 12.4 Å². The van der Waals surface area contributed by atoms with Gasteiger partial charge in [0.1, 0.15) is 6.61 Å². The molecule has 3 nitrogen and oxygen atoms in total. The maximum Gasteiger partial charge on any atom is 0.165 e. The van der Waals surface area contributed by atoms with E-state index in [2.05, 4.69) is 10.3 Å². The smallest absolute Gasteiger partial charge is 0.165 e. The monoisotopic (exact) mass is 232 g/mol. The Labute approximate surface area is 99.3 Å². The van der Waals surface area contributed by atoms with Crippen molar-refractivity contribution in [1.82, 2.24) is 4.98 Å². The molecule has 1 N–H and O–H groups in total. The van der Waals surface area contributed by atoms with E-state index in [-0.39, 0.29) is 18.2 Å². The summed E-state index contributed by atoms with van der Waals surface area (Å²) in [6.45, 7) is 0.246. The molecule has 0 aliphatic rings. The van der Waals surface area contributed by atoms with E-state index in [1.807, 2.05) is 19.2 Å². The zero-order valence-corrected chi connectivity index (χ0v) is 9.48. The van der Waals surface area contributed by atoms with Crippen LogP contribution in [0.3, 0.4) is 0 Å². The normalized spacial score (nSPS) is 10.0. The second-order valence-corrected chi connectivity index (χ2v) is 3.50. The van der Waals surface area contributed by atoms with Crippen molar-refractivity contribution in [1.29, 1.82) is 0 Å². The van der Waals surface area contributed by atoms with Crippen LogP contribution in [0, 0.1) is 5.82 Å². The quantitative estimate of drug-likeness (QED) is 0.880. The predicted molar refractivity (Wildman–Crippen MR) is 64.5 cm³/mol. The standard InChI is InChI=1S/C13H13FN2O/c1-15-10-6-7-16-11(8-10)9-17-13-5-3-2-4-12(13)14/h2-8H,9H2,1H3,(H,15,16). The van der Waals surface area contributed by atoms with Crippen molar-refractivity contribution >= 4 is 5.69 Å². The largest absolute Gasteiger partial charge is 0.484 e. The van der Waals surface area contributed by atoms with Crippen molar-refractivity contribution in [3.63, 3.8) is 0 Å². The molecule has 2 rings (SSSR count). The maximum absolute atomic E-state index is 13.3. The lowest BCUT2D eigenvalue weighted by molar-refractivity contribution is 0.286.